The number of hydrogen-bond donors (Lipinski definition) is 2. The van der Waals surface area contributed by atoms with E-state index in [0.29, 0.717) is 6.61 Å². The third-order valence-electron chi connectivity index (χ3n) is 3.59. The summed E-state index contributed by atoms with van der Waals surface area (Å²) in [6, 6.07) is 4.52. The smallest absolute Gasteiger partial charge is 0.383 e. The van der Waals surface area contributed by atoms with E-state index in [1.807, 2.05) is 0 Å². The molecule has 22 heavy (non-hydrogen) atoms. The summed E-state index contributed by atoms with van der Waals surface area (Å²) in [6.45, 7) is 2.53. The number of benzene rings is 1. The zero-order valence-corrected chi connectivity index (χ0v) is 12.8. The van der Waals surface area contributed by atoms with Gasteiger partial charge in [-0.1, -0.05) is 45.1 Å². The number of ether oxygens (including phenoxy) is 1. The van der Waals surface area contributed by atoms with Crippen LogP contribution < -0.4 is 10.4 Å². The van der Waals surface area contributed by atoms with Crippen LogP contribution in [0, 0.1) is 0 Å². The lowest BCUT2D eigenvalue weighted by Gasteiger charge is -2.09. The van der Waals surface area contributed by atoms with Crippen LogP contribution in [0.1, 0.15) is 45.4 Å². The van der Waals surface area contributed by atoms with Gasteiger partial charge in [0, 0.05) is 0 Å². The minimum absolute atomic E-state index is 0.0306. The van der Waals surface area contributed by atoms with Gasteiger partial charge in [0.05, 0.1) is 12.0 Å². The molecule has 1 heterocycles. The molecular formula is C17H22O5. The average molecular weight is 306 g/mol. The van der Waals surface area contributed by atoms with E-state index in [-0.39, 0.29) is 28.2 Å². The van der Waals surface area contributed by atoms with Gasteiger partial charge in [-0.15, -0.1) is 0 Å². The molecule has 0 aliphatic rings. The molecule has 0 bridgehead atoms. The Balaban J connectivity index is 2.01. The van der Waals surface area contributed by atoms with E-state index in [2.05, 4.69) is 6.92 Å². The monoisotopic (exact) mass is 306 g/mol. The molecule has 2 aromatic rings. The number of fused-ring (bicyclic) bond motifs is 1. The molecule has 0 saturated heterocycles. The largest absolute Gasteiger partial charge is 0.504 e. The van der Waals surface area contributed by atoms with Crippen LogP contribution >= 0.6 is 0 Å². The summed E-state index contributed by atoms with van der Waals surface area (Å²) in [4.78, 5) is 11.8. The van der Waals surface area contributed by atoms with Gasteiger partial charge in [-0.05, 0) is 18.6 Å². The van der Waals surface area contributed by atoms with Crippen molar-refractivity contribution in [2.45, 2.75) is 45.4 Å². The maximum Gasteiger partial charge on any atom is 0.383 e. The predicted octanol–water partition coefficient (Wildman–Crippen LogP) is 3.94. The van der Waals surface area contributed by atoms with Crippen LogP contribution in [0.3, 0.4) is 0 Å². The Kier molecular flexibility index (Phi) is 5.69. The molecular weight excluding hydrogens is 284 g/mol. The van der Waals surface area contributed by atoms with Gasteiger partial charge < -0.3 is 19.4 Å². The van der Waals surface area contributed by atoms with Crippen LogP contribution in [0.2, 0.25) is 0 Å². The van der Waals surface area contributed by atoms with Crippen LogP contribution in [0.4, 0.5) is 0 Å². The van der Waals surface area contributed by atoms with E-state index < -0.39 is 5.63 Å². The molecule has 5 heteroatoms. The van der Waals surface area contributed by atoms with Crippen LogP contribution in [-0.4, -0.2) is 16.8 Å². The number of unbranched alkanes of at least 4 members (excludes halogenated alkanes) is 5. The second-order valence-electron chi connectivity index (χ2n) is 5.34. The van der Waals surface area contributed by atoms with E-state index in [1.54, 1.807) is 12.1 Å². The van der Waals surface area contributed by atoms with Crippen molar-refractivity contribution < 1.29 is 19.4 Å². The fourth-order valence-corrected chi connectivity index (χ4v) is 2.36. The van der Waals surface area contributed by atoms with Gasteiger partial charge >= 0.3 is 5.63 Å². The minimum Gasteiger partial charge on any atom is -0.504 e. The average Bonchev–Trinajstić information content (AvgIpc) is 2.50. The van der Waals surface area contributed by atoms with Crippen molar-refractivity contribution in [2.24, 2.45) is 0 Å². The maximum absolute atomic E-state index is 11.8. The molecule has 0 amide bonds. The third kappa shape index (κ3) is 3.72. The fourth-order valence-electron chi connectivity index (χ4n) is 2.36. The zero-order chi connectivity index (χ0) is 15.9. The number of rotatable bonds is 8. The highest BCUT2D eigenvalue weighted by Gasteiger charge is 2.17. The molecule has 120 valence electrons. The number of hydrogen-bond acceptors (Lipinski definition) is 5. The Morgan fingerprint density at radius 2 is 1.82 bits per heavy atom. The lowest BCUT2D eigenvalue weighted by Crippen LogP contribution is -2.08. The number of phenolic OH excluding ortho intramolecular Hbond substituents is 1. The molecule has 1 aromatic carbocycles. The number of phenols is 1. The summed E-state index contributed by atoms with van der Waals surface area (Å²) in [5, 5.41) is 20.0. The van der Waals surface area contributed by atoms with E-state index in [4.69, 9.17) is 9.15 Å². The van der Waals surface area contributed by atoms with Crippen molar-refractivity contribution in [2.75, 3.05) is 6.61 Å². The predicted molar refractivity (Wildman–Crippen MR) is 84.7 cm³/mol. The Bertz CT molecular complexity index is 675. The summed E-state index contributed by atoms with van der Waals surface area (Å²) < 4.78 is 10.4. The van der Waals surface area contributed by atoms with Gasteiger partial charge in [0.25, 0.3) is 0 Å². The highest BCUT2D eigenvalue weighted by molar-refractivity contribution is 5.89. The molecule has 0 aliphatic heterocycles. The molecule has 2 rings (SSSR count). The van der Waals surface area contributed by atoms with Gasteiger partial charge in [-0.2, -0.15) is 0 Å². The third-order valence-corrected chi connectivity index (χ3v) is 3.59. The molecule has 1 aromatic heterocycles. The first-order chi connectivity index (χ1) is 10.6. The van der Waals surface area contributed by atoms with Crippen LogP contribution in [-0.2, 0) is 0 Å². The van der Waals surface area contributed by atoms with Gasteiger partial charge in [0.2, 0.25) is 5.75 Å². The maximum atomic E-state index is 11.8. The molecule has 0 saturated carbocycles. The zero-order valence-electron chi connectivity index (χ0n) is 12.8. The van der Waals surface area contributed by atoms with Crippen LogP contribution in [0.25, 0.3) is 11.0 Å². The van der Waals surface area contributed by atoms with Crippen molar-refractivity contribution in [3.63, 3.8) is 0 Å². The number of aromatic hydroxyl groups is 2. The lowest BCUT2D eigenvalue weighted by molar-refractivity contribution is 0.275. The molecule has 0 radical (unpaired) electrons. The topological polar surface area (TPSA) is 79.9 Å². The summed E-state index contributed by atoms with van der Waals surface area (Å²) in [5.41, 5.74) is -0.811. The van der Waals surface area contributed by atoms with E-state index in [9.17, 15) is 15.0 Å². The van der Waals surface area contributed by atoms with Gasteiger partial charge in [-0.25, -0.2) is 4.79 Å². The SMILES string of the molecule is CCCCCCCCOc1c(O)c2cccc(O)c2oc1=O. The Morgan fingerprint density at radius 3 is 2.59 bits per heavy atom. The normalized spacial score (nSPS) is 11.0. The Hall–Kier alpha value is -2.17. The Labute approximate surface area is 129 Å². The molecule has 0 unspecified atom stereocenters. The van der Waals surface area contributed by atoms with Crippen molar-refractivity contribution in [3.8, 4) is 17.2 Å². The molecule has 5 nitrogen and oxygen atoms in total. The highest BCUT2D eigenvalue weighted by atomic mass is 16.5. The molecule has 0 fully saturated rings. The van der Waals surface area contributed by atoms with Crippen LogP contribution in [0.5, 0.6) is 17.2 Å². The summed E-state index contributed by atoms with van der Waals surface area (Å²) in [5.74, 6) is -0.660. The standard InChI is InChI=1S/C17H22O5/c1-2-3-4-5-6-7-11-21-16-14(19)12-9-8-10-13(18)15(12)22-17(16)20/h8-10,18-19H,2-7,11H2,1H3. The van der Waals surface area contributed by atoms with Crippen LogP contribution in [0.15, 0.2) is 27.4 Å². The number of para-hydroxylation sites is 1. The first-order valence-corrected chi connectivity index (χ1v) is 7.75. The molecule has 0 spiro atoms. The van der Waals surface area contributed by atoms with Gasteiger partial charge in [-0.3, -0.25) is 0 Å². The van der Waals surface area contributed by atoms with E-state index >= 15 is 0 Å². The van der Waals surface area contributed by atoms with Crippen molar-refractivity contribution in [1.29, 1.82) is 0 Å². The Morgan fingerprint density at radius 1 is 1.09 bits per heavy atom. The quantitative estimate of drug-likeness (QED) is 0.570. The minimum atomic E-state index is -0.780. The first-order valence-electron chi connectivity index (χ1n) is 7.75. The fraction of sp³-hybridized carbons (Fsp3) is 0.471. The molecule has 2 N–H and O–H groups in total. The molecule has 0 aliphatic carbocycles. The first kappa shape index (κ1) is 16.2. The highest BCUT2D eigenvalue weighted by Crippen LogP contribution is 2.35. The van der Waals surface area contributed by atoms with Crippen molar-refractivity contribution in [1.82, 2.24) is 0 Å². The van der Waals surface area contributed by atoms with Gasteiger partial charge in [0.15, 0.2) is 17.1 Å². The summed E-state index contributed by atoms with van der Waals surface area (Å²) in [6.07, 6.45) is 6.64. The molecule has 0 atom stereocenters. The van der Waals surface area contributed by atoms with Crippen molar-refractivity contribution in [3.05, 3.63) is 28.6 Å². The van der Waals surface area contributed by atoms with Gasteiger partial charge in [0.1, 0.15) is 0 Å². The van der Waals surface area contributed by atoms with Crippen molar-refractivity contribution >= 4 is 11.0 Å². The second-order valence-corrected chi connectivity index (χ2v) is 5.34. The summed E-state index contributed by atoms with van der Waals surface area (Å²) >= 11 is 0. The van der Waals surface area contributed by atoms with E-state index in [0.717, 1.165) is 19.3 Å². The summed E-state index contributed by atoms with van der Waals surface area (Å²) in [7, 11) is 0. The lowest BCUT2D eigenvalue weighted by atomic mass is 10.1. The van der Waals surface area contributed by atoms with E-state index in [1.165, 1.54) is 25.3 Å². The second kappa shape index (κ2) is 7.73.